The number of benzene rings is 1. The Morgan fingerprint density at radius 3 is 2.23 bits per heavy atom. The van der Waals surface area contributed by atoms with Gasteiger partial charge in [0.2, 0.25) is 0 Å². The number of halogens is 5. The minimum Gasteiger partial charge on any atom is -0.490 e. The van der Waals surface area contributed by atoms with Crippen LogP contribution in [-0.2, 0) is 4.74 Å². The lowest BCUT2D eigenvalue weighted by atomic mass is 10.3. The van der Waals surface area contributed by atoms with Crippen LogP contribution in [0.15, 0.2) is 22.7 Å². The van der Waals surface area contributed by atoms with Crippen LogP contribution in [0, 0.1) is 0 Å². The third-order valence-electron chi connectivity index (χ3n) is 2.21. The van der Waals surface area contributed by atoms with E-state index in [2.05, 4.69) is 4.74 Å². The smallest absolute Gasteiger partial charge is 0.403 e. The molecule has 0 amide bonds. The molecule has 22 heavy (non-hydrogen) atoms. The zero-order valence-corrected chi connectivity index (χ0v) is 14.9. The zero-order chi connectivity index (χ0) is 16.5. The molecule has 0 spiro atoms. The van der Waals surface area contributed by atoms with Gasteiger partial charge in [-0.05, 0) is 6.08 Å². The summed E-state index contributed by atoms with van der Waals surface area (Å²) in [5.74, 6) is 0.767. The number of hydrogen-bond acceptors (Lipinski definition) is 4. The molecule has 122 valence electrons. The summed E-state index contributed by atoms with van der Waals surface area (Å²) in [6.45, 7) is 0.581. The van der Waals surface area contributed by atoms with Crippen LogP contribution in [0.4, 0.5) is 4.79 Å². The quantitative estimate of drug-likeness (QED) is 0.401. The molecule has 0 aliphatic carbocycles. The van der Waals surface area contributed by atoms with Gasteiger partial charge in [0.25, 0.3) is 0 Å². The molecule has 4 nitrogen and oxygen atoms in total. The van der Waals surface area contributed by atoms with Gasteiger partial charge in [-0.1, -0.05) is 46.4 Å². The third kappa shape index (κ3) is 7.65. The first kappa shape index (κ1) is 19.5. The first-order valence-corrected chi connectivity index (χ1v) is 7.87. The van der Waals surface area contributed by atoms with Crippen molar-refractivity contribution in [1.82, 2.24) is 0 Å². The molecular weight excluding hydrogens is 397 g/mol. The largest absolute Gasteiger partial charge is 0.490 e. The lowest BCUT2D eigenvalue weighted by Gasteiger charge is -2.12. The molecule has 0 heterocycles. The molecule has 0 atom stereocenters. The molecule has 1 aromatic rings. The molecule has 1 rings (SSSR count). The number of ether oxygens (including phenoxy) is 3. The fourth-order valence-electron chi connectivity index (χ4n) is 1.34. The average Bonchev–Trinajstić information content (AvgIpc) is 2.40. The minimum atomic E-state index is -0.858. The number of hydrogen-bond donors (Lipinski definition) is 0. The Morgan fingerprint density at radius 1 is 1.05 bits per heavy atom. The molecule has 0 aliphatic rings. The van der Waals surface area contributed by atoms with Gasteiger partial charge in [0.15, 0.2) is 5.75 Å². The van der Waals surface area contributed by atoms with E-state index in [1.54, 1.807) is 12.1 Å². The van der Waals surface area contributed by atoms with Gasteiger partial charge in [0.05, 0.1) is 23.3 Å². The number of rotatable bonds is 8. The van der Waals surface area contributed by atoms with Crippen LogP contribution in [0.25, 0.3) is 0 Å². The van der Waals surface area contributed by atoms with Crippen molar-refractivity contribution in [3.8, 4) is 11.5 Å². The van der Waals surface area contributed by atoms with E-state index in [9.17, 15) is 4.79 Å². The Morgan fingerprint density at radius 2 is 1.68 bits per heavy atom. The second-order valence-electron chi connectivity index (χ2n) is 3.81. The highest BCUT2D eigenvalue weighted by molar-refractivity contribution is 6.61. The monoisotopic (exact) mass is 406 g/mol. The third-order valence-corrected chi connectivity index (χ3v) is 3.19. The summed E-state index contributed by atoms with van der Waals surface area (Å²) in [6.07, 6.45) is 1.93. The second-order valence-corrected chi connectivity index (χ2v) is 5.94. The van der Waals surface area contributed by atoms with Crippen molar-refractivity contribution in [2.24, 2.45) is 0 Å². The molecule has 0 fully saturated rings. The molecule has 1 aromatic carbocycles. The lowest BCUT2D eigenvalue weighted by molar-refractivity contribution is 0.162. The van der Waals surface area contributed by atoms with Crippen molar-refractivity contribution < 1.29 is 19.0 Å². The van der Waals surface area contributed by atoms with Crippen molar-refractivity contribution >= 4 is 63.4 Å². The van der Waals surface area contributed by atoms with E-state index in [0.717, 1.165) is 0 Å². The van der Waals surface area contributed by atoms with Crippen molar-refractivity contribution in [3.63, 3.8) is 0 Å². The van der Waals surface area contributed by atoms with Gasteiger partial charge in [-0.2, -0.15) is 0 Å². The summed E-state index contributed by atoms with van der Waals surface area (Å²) in [5, 5.41) is 0.579. The summed E-state index contributed by atoms with van der Waals surface area (Å²) in [6, 6.07) is 3.11. The molecule has 0 saturated carbocycles. The van der Waals surface area contributed by atoms with Gasteiger partial charge >= 0.3 is 5.43 Å². The highest BCUT2D eigenvalue weighted by atomic mass is 35.5. The molecule has 0 unspecified atom stereocenters. The van der Waals surface area contributed by atoms with E-state index >= 15 is 0 Å². The van der Waals surface area contributed by atoms with Crippen LogP contribution in [0.3, 0.4) is 0 Å². The second kappa shape index (κ2) is 10.3. The maximum Gasteiger partial charge on any atom is 0.403 e. The van der Waals surface area contributed by atoms with Crippen LogP contribution in [0.2, 0.25) is 10.0 Å². The van der Waals surface area contributed by atoms with Crippen molar-refractivity contribution in [1.29, 1.82) is 0 Å². The minimum absolute atomic E-state index is 0.106. The van der Waals surface area contributed by atoms with E-state index in [0.29, 0.717) is 17.9 Å². The normalized spacial score (nSPS) is 10.0. The predicted octanol–water partition coefficient (Wildman–Crippen LogP) is 5.84. The Hall–Kier alpha value is -0.520. The lowest BCUT2D eigenvalue weighted by Crippen LogP contribution is -2.05. The standard InChI is InChI=1S/C13H11Cl5O4/c14-9-6-8(20-5-2-11(16)17)7-10(15)12(9)21-3-1-4-22-13(18)19/h2,6-7H,1,3-5H2. The molecular formula is C13H11Cl5O4. The molecule has 0 bridgehead atoms. The molecule has 0 aromatic heterocycles. The van der Waals surface area contributed by atoms with Crippen LogP contribution in [-0.4, -0.2) is 25.2 Å². The van der Waals surface area contributed by atoms with Gasteiger partial charge in [0.1, 0.15) is 16.8 Å². The Bertz CT molecular complexity index is 520. The fourth-order valence-corrected chi connectivity index (χ4v) is 2.12. The Labute approximate surface area is 152 Å². The Balaban J connectivity index is 2.54. The van der Waals surface area contributed by atoms with Crippen molar-refractivity contribution in [2.45, 2.75) is 6.42 Å². The van der Waals surface area contributed by atoms with Crippen LogP contribution in [0.5, 0.6) is 11.5 Å². The van der Waals surface area contributed by atoms with Crippen molar-refractivity contribution in [2.75, 3.05) is 19.8 Å². The SMILES string of the molecule is O=C(Cl)OCCCOc1c(Cl)cc(OCC=C(Cl)Cl)cc1Cl. The zero-order valence-electron chi connectivity index (χ0n) is 11.1. The highest BCUT2D eigenvalue weighted by Gasteiger charge is 2.10. The van der Waals surface area contributed by atoms with Gasteiger partial charge in [-0.15, -0.1) is 0 Å². The molecule has 9 heteroatoms. The van der Waals surface area contributed by atoms with E-state index in [-0.39, 0.29) is 34.4 Å². The summed E-state index contributed by atoms with van der Waals surface area (Å²) in [7, 11) is 0. The van der Waals surface area contributed by atoms with E-state index in [1.807, 2.05) is 0 Å². The van der Waals surface area contributed by atoms with Crippen LogP contribution in [0.1, 0.15) is 6.42 Å². The molecule has 0 aliphatic heterocycles. The van der Waals surface area contributed by atoms with Crippen molar-refractivity contribution in [3.05, 3.63) is 32.7 Å². The summed E-state index contributed by atoms with van der Waals surface area (Å²) < 4.78 is 15.5. The maximum absolute atomic E-state index is 10.4. The van der Waals surface area contributed by atoms with E-state index < -0.39 is 5.43 Å². The highest BCUT2D eigenvalue weighted by Crippen LogP contribution is 2.37. The first-order valence-electron chi connectivity index (χ1n) is 5.98. The predicted molar refractivity (Wildman–Crippen MR) is 89.1 cm³/mol. The van der Waals surface area contributed by atoms with Crippen LogP contribution >= 0.6 is 58.0 Å². The van der Waals surface area contributed by atoms with Gasteiger partial charge in [-0.25, -0.2) is 4.79 Å². The number of carbonyl (C=O) groups excluding carboxylic acids is 1. The topological polar surface area (TPSA) is 44.8 Å². The fraction of sp³-hybridized carbons (Fsp3) is 0.308. The van der Waals surface area contributed by atoms with Gasteiger partial charge in [-0.3, -0.25) is 0 Å². The van der Waals surface area contributed by atoms with Gasteiger partial charge < -0.3 is 14.2 Å². The van der Waals surface area contributed by atoms with Crippen LogP contribution < -0.4 is 9.47 Å². The molecule has 0 radical (unpaired) electrons. The van der Waals surface area contributed by atoms with E-state index in [4.69, 9.17) is 67.5 Å². The van der Waals surface area contributed by atoms with Gasteiger partial charge in [0, 0.05) is 30.2 Å². The molecule has 0 saturated heterocycles. The summed E-state index contributed by atoms with van der Waals surface area (Å²) in [4.78, 5) is 10.4. The number of carbonyl (C=O) groups is 1. The molecule has 0 N–H and O–H groups in total. The Kier molecular flexibility index (Phi) is 9.13. The van der Waals surface area contributed by atoms with E-state index in [1.165, 1.54) is 6.08 Å². The summed E-state index contributed by atoms with van der Waals surface area (Å²) in [5.41, 5.74) is -0.858. The maximum atomic E-state index is 10.4. The first-order chi connectivity index (χ1) is 10.4. The summed E-state index contributed by atoms with van der Waals surface area (Å²) >= 11 is 28.1. The average molecular weight is 408 g/mol.